The fourth-order valence-corrected chi connectivity index (χ4v) is 5.82. The third kappa shape index (κ3) is 4.83. The molecule has 1 heterocycles. The van der Waals surface area contributed by atoms with E-state index in [2.05, 4.69) is 61.3 Å². The average Bonchev–Trinajstić information content (AvgIpc) is 2.99. The van der Waals surface area contributed by atoms with Crippen LogP contribution < -0.4 is 28.4 Å². The van der Waals surface area contributed by atoms with Crippen LogP contribution in [0, 0.1) is 0 Å². The van der Waals surface area contributed by atoms with Gasteiger partial charge in [-0.3, -0.25) is 4.90 Å². The monoisotopic (exact) mass is 545 g/mol. The fraction of sp³-hybridized carbons (Fsp3) is 0.394. The summed E-state index contributed by atoms with van der Waals surface area (Å²) in [6.45, 7) is 3.70. The van der Waals surface area contributed by atoms with Crippen molar-refractivity contribution in [1.29, 1.82) is 0 Å². The lowest BCUT2D eigenvalue weighted by Gasteiger charge is -2.36. The van der Waals surface area contributed by atoms with E-state index in [0.29, 0.717) is 18.1 Å². The van der Waals surface area contributed by atoms with Crippen LogP contribution in [0.3, 0.4) is 0 Å². The second-order valence-corrected chi connectivity index (χ2v) is 10.2. The molecule has 5 rings (SSSR count). The topological polar surface area (TPSA) is 58.6 Å². The van der Waals surface area contributed by atoms with Gasteiger partial charge in [0.2, 0.25) is 0 Å². The van der Waals surface area contributed by atoms with Gasteiger partial charge in [0.25, 0.3) is 0 Å². The lowest BCUT2D eigenvalue weighted by atomic mass is 9.84. The molecule has 0 spiro atoms. The zero-order chi connectivity index (χ0) is 28.4. The maximum Gasteiger partial charge on any atom is 0.161 e. The molecule has 7 heteroatoms. The summed E-state index contributed by atoms with van der Waals surface area (Å²) in [4.78, 5) is 2.39. The van der Waals surface area contributed by atoms with Crippen LogP contribution in [-0.4, -0.2) is 60.6 Å². The summed E-state index contributed by atoms with van der Waals surface area (Å²) in [6, 6.07) is 14.8. The van der Waals surface area contributed by atoms with Crippen LogP contribution in [0.2, 0.25) is 0 Å². The van der Waals surface area contributed by atoms with Crippen molar-refractivity contribution in [1.82, 2.24) is 4.90 Å². The van der Waals surface area contributed by atoms with Gasteiger partial charge in [0.15, 0.2) is 34.5 Å². The van der Waals surface area contributed by atoms with Crippen molar-refractivity contribution in [2.75, 3.05) is 55.7 Å². The summed E-state index contributed by atoms with van der Waals surface area (Å²) in [5, 5.41) is 4.29. The number of unbranched alkanes of at least 4 members (excludes halogenated alkanes) is 1. The molecule has 1 unspecified atom stereocenters. The molecule has 1 aliphatic rings. The number of hydrogen-bond acceptors (Lipinski definition) is 7. The number of rotatable bonds is 10. The first-order chi connectivity index (χ1) is 19.5. The van der Waals surface area contributed by atoms with E-state index in [1.54, 1.807) is 35.5 Å². The lowest BCUT2D eigenvalue weighted by Crippen LogP contribution is -2.33. The van der Waals surface area contributed by atoms with Crippen molar-refractivity contribution >= 4 is 21.5 Å². The molecule has 1 aliphatic heterocycles. The molecule has 4 aromatic carbocycles. The zero-order valence-electron chi connectivity index (χ0n) is 24.6. The van der Waals surface area contributed by atoms with Crippen molar-refractivity contribution < 1.29 is 28.4 Å². The number of fused-ring (bicyclic) bond motifs is 4. The first kappa shape index (κ1) is 27.7. The molecule has 0 saturated carbocycles. The third-order valence-electron chi connectivity index (χ3n) is 7.94. The minimum Gasteiger partial charge on any atom is -0.493 e. The number of nitrogens with zero attached hydrogens (tertiary/aromatic N) is 1. The molecular weight excluding hydrogens is 506 g/mol. The fourth-order valence-electron chi connectivity index (χ4n) is 5.82. The predicted molar refractivity (Wildman–Crippen MR) is 159 cm³/mol. The highest BCUT2D eigenvalue weighted by Gasteiger charge is 2.30. The Bertz CT molecular complexity index is 1530. The van der Waals surface area contributed by atoms with Crippen LogP contribution in [0.4, 0.5) is 0 Å². The summed E-state index contributed by atoms with van der Waals surface area (Å²) in [7, 11) is 10.6. The van der Waals surface area contributed by atoms with E-state index in [4.69, 9.17) is 28.4 Å². The lowest BCUT2D eigenvalue weighted by molar-refractivity contribution is 0.264. The molecule has 1 atom stereocenters. The van der Waals surface area contributed by atoms with E-state index in [-0.39, 0.29) is 6.04 Å². The Morgan fingerprint density at radius 2 is 1.23 bits per heavy atom. The van der Waals surface area contributed by atoms with Crippen molar-refractivity contribution in [3.8, 4) is 34.5 Å². The van der Waals surface area contributed by atoms with Gasteiger partial charge in [0.05, 0.1) is 48.2 Å². The van der Waals surface area contributed by atoms with Gasteiger partial charge < -0.3 is 28.4 Å². The second kappa shape index (κ2) is 11.7. The SMILES string of the molecule is CCCCOc1cc2c(cc1OC)cc(C1c3cc(OC)c(OC)cc3CCN1C)c1cc(OC)c(OC)cc12. The average molecular weight is 546 g/mol. The van der Waals surface area contributed by atoms with E-state index in [1.807, 2.05) is 0 Å². The Balaban J connectivity index is 1.82. The van der Waals surface area contributed by atoms with Gasteiger partial charge >= 0.3 is 0 Å². The largest absolute Gasteiger partial charge is 0.493 e. The highest BCUT2D eigenvalue weighted by molar-refractivity contribution is 6.11. The van der Waals surface area contributed by atoms with Gasteiger partial charge in [-0.2, -0.15) is 0 Å². The minimum atomic E-state index is -0.0139. The normalized spacial score (nSPS) is 15.1. The van der Waals surface area contributed by atoms with E-state index in [9.17, 15) is 0 Å². The zero-order valence-corrected chi connectivity index (χ0v) is 24.6. The maximum atomic E-state index is 6.17. The first-order valence-corrected chi connectivity index (χ1v) is 13.8. The quantitative estimate of drug-likeness (QED) is 0.161. The molecule has 0 aliphatic carbocycles. The van der Waals surface area contributed by atoms with Crippen molar-refractivity contribution in [3.05, 3.63) is 59.2 Å². The number of ether oxygens (including phenoxy) is 6. The predicted octanol–water partition coefficient (Wildman–Crippen LogP) is 6.79. The second-order valence-electron chi connectivity index (χ2n) is 10.2. The van der Waals surface area contributed by atoms with E-state index in [0.717, 1.165) is 70.4 Å². The van der Waals surface area contributed by atoms with Crippen LogP contribution in [0.15, 0.2) is 42.5 Å². The molecule has 7 nitrogen and oxygen atoms in total. The summed E-state index contributed by atoms with van der Waals surface area (Å²) in [5.41, 5.74) is 3.63. The maximum absolute atomic E-state index is 6.17. The summed E-state index contributed by atoms with van der Waals surface area (Å²) >= 11 is 0. The van der Waals surface area contributed by atoms with Crippen molar-refractivity contribution in [2.45, 2.75) is 32.2 Å². The number of methoxy groups -OCH3 is 5. The van der Waals surface area contributed by atoms with E-state index >= 15 is 0 Å². The molecular formula is C33H39NO6. The summed E-state index contributed by atoms with van der Waals surface area (Å²) in [6.07, 6.45) is 2.97. The van der Waals surface area contributed by atoms with Crippen LogP contribution in [0.1, 0.15) is 42.5 Å². The van der Waals surface area contributed by atoms with Gasteiger partial charge in [0.1, 0.15) is 0 Å². The highest BCUT2D eigenvalue weighted by atomic mass is 16.5. The Morgan fingerprint density at radius 1 is 0.650 bits per heavy atom. The minimum absolute atomic E-state index is 0.0139. The Labute approximate surface area is 236 Å². The molecule has 0 saturated heterocycles. The Morgan fingerprint density at radius 3 is 1.88 bits per heavy atom. The Kier molecular flexibility index (Phi) is 8.12. The van der Waals surface area contributed by atoms with Crippen molar-refractivity contribution in [2.24, 2.45) is 0 Å². The smallest absolute Gasteiger partial charge is 0.161 e. The molecule has 0 N–H and O–H groups in total. The molecule has 0 aromatic heterocycles. The third-order valence-corrected chi connectivity index (χ3v) is 7.94. The number of likely N-dealkylation sites (N-methyl/N-ethyl adjacent to an activating group) is 1. The summed E-state index contributed by atoms with van der Waals surface area (Å²) in [5.74, 6) is 4.31. The van der Waals surface area contributed by atoms with Gasteiger partial charge in [-0.05, 0) is 101 Å². The summed E-state index contributed by atoms with van der Waals surface area (Å²) < 4.78 is 34.8. The number of benzene rings is 4. The molecule has 4 aromatic rings. The van der Waals surface area contributed by atoms with Crippen LogP contribution in [-0.2, 0) is 6.42 Å². The molecule has 0 amide bonds. The van der Waals surface area contributed by atoms with Crippen molar-refractivity contribution in [3.63, 3.8) is 0 Å². The van der Waals surface area contributed by atoms with E-state index < -0.39 is 0 Å². The highest BCUT2D eigenvalue weighted by Crippen LogP contribution is 2.47. The molecule has 0 radical (unpaired) electrons. The number of hydrogen-bond donors (Lipinski definition) is 0. The van der Waals surface area contributed by atoms with Gasteiger partial charge in [-0.15, -0.1) is 0 Å². The molecule has 40 heavy (non-hydrogen) atoms. The standard InChI is InChI=1S/C33H39NO6/c1-8-9-12-40-32-16-22-21(15-28(32)36-4)13-26(25-19-31(39-7)30(38-6)18-24(22)25)33-23-17-29(37-5)27(35-3)14-20(23)10-11-34(33)2/h13-19,33H,8-12H2,1-7H3. The Hall–Kier alpha value is -3.84. The van der Waals surface area contributed by atoms with Crippen LogP contribution >= 0.6 is 0 Å². The molecule has 0 fully saturated rings. The molecule has 212 valence electrons. The van der Waals surface area contributed by atoms with E-state index in [1.165, 1.54) is 16.7 Å². The van der Waals surface area contributed by atoms with Gasteiger partial charge in [-0.1, -0.05) is 13.3 Å². The first-order valence-electron chi connectivity index (χ1n) is 13.8. The van der Waals surface area contributed by atoms with Gasteiger partial charge in [-0.25, -0.2) is 0 Å². The van der Waals surface area contributed by atoms with Crippen LogP contribution in [0.5, 0.6) is 34.5 Å². The van der Waals surface area contributed by atoms with Gasteiger partial charge in [0, 0.05) is 6.54 Å². The molecule has 0 bridgehead atoms. The van der Waals surface area contributed by atoms with Crippen LogP contribution in [0.25, 0.3) is 21.5 Å².